The van der Waals surface area contributed by atoms with Crippen molar-refractivity contribution in [1.82, 2.24) is 10.2 Å². The molecule has 2 heterocycles. The Bertz CT molecular complexity index is 722. The normalized spacial score (nSPS) is 22.7. The molecule has 0 bridgehead atoms. The number of carbonyl (C=O) groups is 3. The number of nitrogens with zero attached hydrogens (tertiary/aromatic N) is 1. The number of hydrogen-bond acceptors (Lipinski definition) is 4. The second kappa shape index (κ2) is 6.64. The van der Waals surface area contributed by atoms with Crippen LogP contribution in [0.2, 0.25) is 0 Å². The number of nitrogens with one attached hydrogen (secondary N) is 1. The molecule has 1 aromatic carbocycles. The average Bonchev–Trinajstić information content (AvgIpc) is 2.58. The van der Waals surface area contributed by atoms with Gasteiger partial charge in [-0.1, -0.05) is 30.3 Å². The zero-order chi connectivity index (χ0) is 17.3. The van der Waals surface area contributed by atoms with Crippen LogP contribution >= 0.6 is 11.8 Å². The third-order valence-electron chi connectivity index (χ3n) is 3.94. The molecule has 0 radical (unpaired) electrons. The van der Waals surface area contributed by atoms with E-state index < -0.39 is 30.0 Å². The van der Waals surface area contributed by atoms with Gasteiger partial charge in [-0.25, -0.2) is 9.18 Å². The minimum atomic E-state index is -1.32. The SMILES string of the molecule is O=C(Cc1ccccc1)N[C@@H]1C(=O)N2C(C(=O)O)=C(CF)CS[C@@H]12. The lowest BCUT2D eigenvalue weighted by Crippen LogP contribution is -2.70. The third-order valence-corrected chi connectivity index (χ3v) is 5.27. The second-order valence-electron chi connectivity index (χ2n) is 5.51. The van der Waals surface area contributed by atoms with Gasteiger partial charge in [0, 0.05) is 11.3 Å². The molecule has 0 saturated carbocycles. The Morgan fingerprint density at radius 2 is 2.04 bits per heavy atom. The van der Waals surface area contributed by atoms with Crippen molar-refractivity contribution in [3.05, 3.63) is 47.2 Å². The maximum Gasteiger partial charge on any atom is 0.352 e. The predicted octanol–water partition coefficient (Wildman–Crippen LogP) is 0.937. The number of carboxylic acids is 1. The summed E-state index contributed by atoms with van der Waals surface area (Å²) in [6.45, 7) is -0.907. The number of halogens is 1. The van der Waals surface area contributed by atoms with Crippen LogP contribution in [0.1, 0.15) is 5.56 Å². The summed E-state index contributed by atoms with van der Waals surface area (Å²) < 4.78 is 12.9. The number of carboxylic acid groups (broad SMARTS) is 1. The molecule has 1 fully saturated rings. The van der Waals surface area contributed by atoms with Gasteiger partial charge in [0.15, 0.2) is 0 Å². The van der Waals surface area contributed by atoms with Gasteiger partial charge in [-0.15, -0.1) is 11.8 Å². The van der Waals surface area contributed by atoms with E-state index in [0.29, 0.717) is 0 Å². The monoisotopic (exact) mass is 350 g/mol. The topological polar surface area (TPSA) is 86.7 Å². The van der Waals surface area contributed by atoms with Gasteiger partial charge in [0.25, 0.3) is 5.91 Å². The molecule has 2 atom stereocenters. The van der Waals surface area contributed by atoms with Gasteiger partial charge in [-0.3, -0.25) is 14.5 Å². The highest BCUT2D eigenvalue weighted by molar-refractivity contribution is 8.00. The van der Waals surface area contributed by atoms with Crippen molar-refractivity contribution in [2.45, 2.75) is 17.8 Å². The largest absolute Gasteiger partial charge is 0.477 e. The summed E-state index contributed by atoms with van der Waals surface area (Å²) in [5, 5.41) is 11.4. The van der Waals surface area contributed by atoms with E-state index in [1.54, 1.807) is 0 Å². The van der Waals surface area contributed by atoms with Gasteiger partial charge in [0.05, 0.1) is 6.42 Å². The number of thioether (sulfide) groups is 1. The molecule has 2 N–H and O–H groups in total. The smallest absolute Gasteiger partial charge is 0.352 e. The van der Waals surface area contributed by atoms with E-state index in [2.05, 4.69) is 5.32 Å². The first-order valence-electron chi connectivity index (χ1n) is 7.32. The number of fused-ring (bicyclic) bond motifs is 1. The second-order valence-corrected chi connectivity index (χ2v) is 6.61. The average molecular weight is 350 g/mol. The number of rotatable bonds is 5. The Hall–Kier alpha value is -2.35. The van der Waals surface area contributed by atoms with Crippen molar-refractivity contribution >= 4 is 29.5 Å². The number of amides is 2. The maximum atomic E-state index is 12.9. The van der Waals surface area contributed by atoms with E-state index in [-0.39, 0.29) is 29.4 Å². The molecule has 0 spiro atoms. The van der Waals surface area contributed by atoms with Crippen molar-refractivity contribution in [2.24, 2.45) is 0 Å². The zero-order valence-electron chi connectivity index (χ0n) is 12.6. The fourth-order valence-electron chi connectivity index (χ4n) is 2.79. The fraction of sp³-hybridized carbons (Fsp3) is 0.312. The van der Waals surface area contributed by atoms with Crippen molar-refractivity contribution in [1.29, 1.82) is 0 Å². The first-order valence-corrected chi connectivity index (χ1v) is 8.37. The lowest BCUT2D eigenvalue weighted by molar-refractivity contribution is -0.150. The molecule has 8 heteroatoms. The van der Waals surface area contributed by atoms with Gasteiger partial charge >= 0.3 is 5.97 Å². The molecule has 1 aromatic rings. The van der Waals surface area contributed by atoms with E-state index in [9.17, 15) is 23.9 Å². The van der Waals surface area contributed by atoms with Gasteiger partial charge in [0.2, 0.25) is 5.91 Å². The standard InChI is InChI=1S/C16H15FN2O4S/c17-7-10-8-24-15-12(14(21)19(15)13(10)16(22)23)18-11(20)6-9-4-2-1-3-5-9/h1-5,12,15H,6-8H2,(H,18,20)(H,22,23)/t12-,15+/m1/s1. The van der Waals surface area contributed by atoms with E-state index in [0.717, 1.165) is 10.5 Å². The van der Waals surface area contributed by atoms with E-state index >= 15 is 0 Å². The summed E-state index contributed by atoms with van der Waals surface area (Å²) in [4.78, 5) is 36.7. The van der Waals surface area contributed by atoms with Gasteiger partial charge < -0.3 is 10.4 Å². The highest BCUT2D eigenvalue weighted by atomic mass is 32.2. The maximum absolute atomic E-state index is 12.9. The molecule has 2 aliphatic heterocycles. The lowest BCUT2D eigenvalue weighted by Gasteiger charge is -2.49. The number of aliphatic carboxylic acids is 1. The molecule has 1 saturated heterocycles. The predicted molar refractivity (Wildman–Crippen MR) is 85.8 cm³/mol. The van der Waals surface area contributed by atoms with Crippen molar-refractivity contribution < 1.29 is 23.9 Å². The minimum Gasteiger partial charge on any atom is -0.477 e. The number of carbonyl (C=O) groups excluding carboxylic acids is 2. The van der Waals surface area contributed by atoms with Gasteiger partial charge in [-0.2, -0.15) is 0 Å². The molecule has 126 valence electrons. The van der Waals surface area contributed by atoms with Crippen LogP contribution in [0, 0.1) is 0 Å². The van der Waals surface area contributed by atoms with Crippen LogP contribution in [0.15, 0.2) is 41.6 Å². The molecular weight excluding hydrogens is 335 g/mol. The molecule has 0 aliphatic carbocycles. The molecule has 2 amide bonds. The summed E-state index contributed by atoms with van der Waals surface area (Å²) >= 11 is 1.26. The molecular formula is C16H15FN2O4S. The van der Waals surface area contributed by atoms with Gasteiger partial charge in [0.1, 0.15) is 23.8 Å². The van der Waals surface area contributed by atoms with Crippen LogP contribution in [-0.4, -0.2) is 51.6 Å². The van der Waals surface area contributed by atoms with Crippen LogP contribution in [0.25, 0.3) is 0 Å². The summed E-state index contributed by atoms with van der Waals surface area (Å²) in [6, 6.07) is 8.32. The Balaban J connectivity index is 1.69. The Labute approximate surface area is 141 Å². The van der Waals surface area contributed by atoms with Crippen LogP contribution in [-0.2, 0) is 20.8 Å². The number of benzene rings is 1. The van der Waals surface area contributed by atoms with Gasteiger partial charge in [-0.05, 0) is 5.56 Å². The highest BCUT2D eigenvalue weighted by Gasteiger charge is 2.54. The van der Waals surface area contributed by atoms with E-state index in [1.807, 2.05) is 30.3 Å². The van der Waals surface area contributed by atoms with Crippen LogP contribution in [0.3, 0.4) is 0 Å². The fourth-order valence-corrected chi connectivity index (χ4v) is 4.11. The molecule has 3 rings (SSSR count). The van der Waals surface area contributed by atoms with Crippen molar-refractivity contribution in [3.8, 4) is 0 Å². The van der Waals surface area contributed by atoms with Crippen molar-refractivity contribution in [2.75, 3.05) is 12.4 Å². The quantitative estimate of drug-likeness (QED) is 0.772. The molecule has 0 unspecified atom stereocenters. The van der Waals surface area contributed by atoms with Crippen LogP contribution in [0.5, 0.6) is 0 Å². The van der Waals surface area contributed by atoms with E-state index in [1.165, 1.54) is 11.8 Å². The first-order chi connectivity index (χ1) is 11.5. The summed E-state index contributed by atoms with van der Waals surface area (Å²) in [5.41, 5.74) is 0.617. The van der Waals surface area contributed by atoms with E-state index in [4.69, 9.17) is 0 Å². The summed E-state index contributed by atoms with van der Waals surface area (Å²) in [7, 11) is 0. The molecule has 6 nitrogen and oxygen atoms in total. The third kappa shape index (κ3) is 2.89. The Kier molecular flexibility index (Phi) is 4.57. The molecule has 24 heavy (non-hydrogen) atoms. The van der Waals surface area contributed by atoms with Crippen LogP contribution < -0.4 is 5.32 Å². The number of alkyl halides is 1. The summed E-state index contributed by atoms with van der Waals surface area (Å²) in [5.74, 6) is -1.96. The minimum absolute atomic E-state index is 0.0890. The number of hydrogen-bond donors (Lipinski definition) is 2. The summed E-state index contributed by atoms with van der Waals surface area (Å²) in [6.07, 6.45) is 0.138. The van der Waals surface area contributed by atoms with Crippen LogP contribution in [0.4, 0.5) is 4.39 Å². The van der Waals surface area contributed by atoms with Crippen molar-refractivity contribution in [3.63, 3.8) is 0 Å². The first kappa shape index (κ1) is 16.5. The Morgan fingerprint density at radius 3 is 2.67 bits per heavy atom. The number of β-lactam (4-membered cyclic amide) rings is 1. The highest BCUT2D eigenvalue weighted by Crippen LogP contribution is 2.40. The molecule has 2 aliphatic rings. The Morgan fingerprint density at radius 1 is 1.33 bits per heavy atom. The zero-order valence-corrected chi connectivity index (χ0v) is 13.4. The lowest BCUT2D eigenvalue weighted by atomic mass is 10.0. The molecule has 0 aromatic heterocycles.